The molecule has 0 saturated carbocycles. The predicted octanol–water partition coefficient (Wildman–Crippen LogP) is 6.44. The highest BCUT2D eigenvalue weighted by Crippen LogP contribution is 2.37. The van der Waals surface area contributed by atoms with Crippen LogP contribution < -0.4 is 24.8 Å². The second-order valence-electron chi connectivity index (χ2n) is 8.21. The summed E-state index contributed by atoms with van der Waals surface area (Å²) in [6, 6.07) is 29.1. The van der Waals surface area contributed by atoms with Gasteiger partial charge >= 0.3 is 0 Å². The van der Waals surface area contributed by atoms with Crippen LogP contribution in [0.5, 0.6) is 17.2 Å². The van der Waals surface area contributed by atoms with E-state index in [1.54, 1.807) is 63.8 Å². The van der Waals surface area contributed by atoms with Gasteiger partial charge in [-0.05, 0) is 54.1 Å². The van der Waals surface area contributed by atoms with E-state index in [0.29, 0.717) is 34.2 Å². The third-order valence-corrected chi connectivity index (χ3v) is 6.94. The van der Waals surface area contributed by atoms with E-state index < -0.39 is 5.25 Å². The first kappa shape index (κ1) is 26.6. The van der Waals surface area contributed by atoms with Crippen molar-refractivity contribution in [3.8, 4) is 17.2 Å². The molecule has 0 radical (unpaired) electrons. The van der Waals surface area contributed by atoms with Crippen LogP contribution in [0.2, 0.25) is 0 Å². The first-order valence-corrected chi connectivity index (χ1v) is 12.7. The van der Waals surface area contributed by atoms with Crippen LogP contribution in [0, 0.1) is 0 Å². The van der Waals surface area contributed by atoms with Crippen molar-refractivity contribution in [1.29, 1.82) is 0 Å². The minimum atomic E-state index is -0.520. The molecule has 8 heteroatoms. The molecule has 0 heterocycles. The van der Waals surface area contributed by atoms with Crippen LogP contribution in [-0.2, 0) is 4.79 Å². The summed E-state index contributed by atoms with van der Waals surface area (Å²) in [5.41, 5.74) is 2.62. The zero-order valence-corrected chi connectivity index (χ0v) is 22.1. The molecule has 7 nitrogen and oxygen atoms in total. The van der Waals surface area contributed by atoms with Gasteiger partial charge in [0.1, 0.15) is 22.5 Å². The lowest BCUT2D eigenvalue weighted by Crippen LogP contribution is -2.19. The molecule has 0 fully saturated rings. The van der Waals surface area contributed by atoms with Crippen molar-refractivity contribution in [2.75, 3.05) is 32.0 Å². The average molecular weight is 529 g/mol. The van der Waals surface area contributed by atoms with E-state index in [2.05, 4.69) is 10.6 Å². The second-order valence-corrected chi connectivity index (χ2v) is 9.38. The fraction of sp³-hybridized carbons (Fsp3) is 0.133. The number of anilines is 2. The number of hydrogen-bond donors (Lipinski definition) is 2. The standard InChI is InChI=1S/C30H28N2O5S/c1-35-24-13-9-21(10-14-24)29(33)31-22-11-15-27(16-12-22)38-28(20-7-5-4-6-8-20)30(34)32-23-17-25(36-2)19-26(18-23)37-3/h4-19,28H,1-3H3,(H,31,33)(H,32,34). The highest BCUT2D eigenvalue weighted by molar-refractivity contribution is 8.00. The smallest absolute Gasteiger partial charge is 0.255 e. The van der Waals surface area contributed by atoms with Gasteiger partial charge < -0.3 is 24.8 Å². The molecule has 194 valence electrons. The molecule has 0 aliphatic rings. The summed E-state index contributed by atoms with van der Waals surface area (Å²) in [6.45, 7) is 0. The van der Waals surface area contributed by atoms with Crippen molar-refractivity contribution < 1.29 is 23.8 Å². The lowest BCUT2D eigenvalue weighted by molar-refractivity contribution is -0.115. The number of ether oxygens (including phenoxy) is 3. The Hall–Kier alpha value is -4.43. The fourth-order valence-corrected chi connectivity index (χ4v) is 4.71. The predicted molar refractivity (Wildman–Crippen MR) is 151 cm³/mol. The van der Waals surface area contributed by atoms with Gasteiger partial charge in [0, 0.05) is 40.0 Å². The summed E-state index contributed by atoms with van der Waals surface area (Å²) in [5, 5.41) is 5.36. The molecular formula is C30H28N2O5S. The molecule has 2 N–H and O–H groups in total. The van der Waals surface area contributed by atoms with Gasteiger partial charge in [0.25, 0.3) is 5.91 Å². The monoisotopic (exact) mass is 528 g/mol. The van der Waals surface area contributed by atoms with Crippen LogP contribution in [0.25, 0.3) is 0 Å². The van der Waals surface area contributed by atoms with E-state index >= 15 is 0 Å². The normalized spacial score (nSPS) is 11.2. The van der Waals surface area contributed by atoms with Gasteiger partial charge in [0.2, 0.25) is 5.91 Å². The zero-order valence-electron chi connectivity index (χ0n) is 21.3. The molecule has 0 aliphatic heterocycles. The Balaban J connectivity index is 1.49. The Bertz CT molecular complexity index is 1350. The molecule has 4 aromatic rings. The maximum atomic E-state index is 13.5. The number of carbonyl (C=O) groups excluding carboxylic acids is 2. The third kappa shape index (κ3) is 6.86. The minimum Gasteiger partial charge on any atom is -0.497 e. The largest absolute Gasteiger partial charge is 0.497 e. The van der Waals surface area contributed by atoms with E-state index in [1.807, 2.05) is 54.6 Å². The molecular weight excluding hydrogens is 500 g/mol. The number of nitrogens with one attached hydrogen (secondary N) is 2. The summed E-state index contributed by atoms with van der Waals surface area (Å²) in [6.07, 6.45) is 0. The first-order valence-electron chi connectivity index (χ1n) is 11.8. The summed E-state index contributed by atoms with van der Waals surface area (Å²) in [4.78, 5) is 26.9. The topological polar surface area (TPSA) is 85.9 Å². The number of thioether (sulfide) groups is 1. The molecule has 38 heavy (non-hydrogen) atoms. The molecule has 0 aromatic heterocycles. The number of amides is 2. The molecule has 0 bridgehead atoms. The summed E-state index contributed by atoms with van der Waals surface area (Å²) < 4.78 is 15.8. The SMILES string of the molecule is COc1ccc(C(=O)Nc2ccc(SC(C(=O)Nc3cc(OC)cc(OC)c3)c3ccccc3)cc2)cc1. The first-order chi connectivity index (χ1) is 18.5. The molecule has 4 rings (SSSR count). The summed E-state index contributed by atoms with van der Waals surface area (Å²) in [5.74, 6) is 1.44. The number of methoxy groups -OCH3 is 3. The van der Waals surface area contributed by atoms with Crippen LogP contribution in [0.3, 0.4) is 0 Å². The van der Waals surface area contributed by atoms with Gasteiger partial charge in [-0.1, -0.05) is 30.3 Å². The Kier molecular flexibility index (Phi) is 8.89. The Labute approximate surface area is 226 Å². The van der Waals surface area contributed by atoms with Gasteiger partial charge in [0.15, 0.2) is 0 Å². The van der Waals surface area contributed by atoms with Crippen molar-refractivity contribution in [2.24, 2.45) is 0 Å². The Morgan fingerprint density at radius 1 is 0.658 bits per heavy atom. The third-order valence-electron chi connectivity index (χ3n) is 5.68. The average Bonchev–Trinajstić information content (AvgIpc) is 2.96. The molecule has 2 amide bonds. The van der Waals surface area contributed by atoms with Crippen molar-refractivity contribution in [3.05, 3.63) is 108 Å². The van der Waals surface area contributed by atoms with Crippen LogP contribution in [0.4, 0.5) is 11.4 Å². The molecule has 4 aromatic carbocycles. The summed E-state index contributed by atoms with van der Waals surface area (Å²) in [7, 11) is 4.70. The quantitative estimate of drug-likeness (QED) is 0.231. The molecule has 0 spiro atoms. The molecule has 0 aliphatic carbocycles. The van der Waals surface area contributed by atoms with Gasteiger partial charge in [-0.2, -0.15) is 0 Å². The van der Waals surface area contributed by atoms with Crippen LogP contribution in [-0.4, -0.2) is 33.1 Å². The van der Waals surface area contributed by atoms with Crippen LogP contribution in [0.15, 0.2) is 102 Å². The van der Waals surface area contributed by atoms with Crippen molar-refractivity contribution in [1.82, 2.24) is 0 Å². The van der Waals surface area contributed by atoms with Gasteiger partial charge in [0.05, 0.1) is 21.3 Å². The van der Waals surface area contributed by atoms with Crippen LogP contribution >= 0.6 is 11.8 Å². The van der Waals surface area contributed by atoms with Crippen molar-refractivity contribution in [3.63, 3.8) is 0 Å². The van der Waals surface area contributed by atoms with E-state index in [4.69, 9.17) is 14.2 Å². The van der Waals surface area contributed by atoms with Crippen molar-refractivity contribution >= 4 is 35.0 Å². The number of hydrogen-bond acceptors (Lipinski definition) is 6. The van der Waals surface area contributed by atoms with E-state index in [9.17, 15) is 9.59 Å². The maximum absolute atomic E-state index is 13.5. The highest BCUT2D eigenvalue weighted by atomic mass is 32.2. The highest BCUT2D eigenvalue weighted by Gasteiger charge is 2.23. The maximum Gasteiger partial charge on any atom is 0.255 e. The minimum absolute atomic E-state index is 0.187. The number of rotatable bonds is 10. The van der Waals surface area contributed by atoms with Gasteiger partial charge in [-0.25, -0.2) is 0 Å². The zero-order chi connectivity index (χ0) is 26.9. The molecule has 1 unspecified atom stereocenters. The van der Waals surface area contributed by atoms with E-state index in [-0.39, 0.29) is 11.8 Å². The lowest BCUT2D eigenvalue weighted by Gasteiger charge is -2.18. The second kappa shape index (κ2) is 12.7. The summed E-state index contributed by atoms with van der Waals surface area (Å²) >= 11 is 1.42. The Morgan fingerprint density at radius 3 is 1.84 bits per heavy atom. The van der Waals surface area contributed by atoms with Crippen LogP contribution in [0.1, 0.15) is 21.2 Å². The van der Waals surface area contributed by atoms with Gasteiger partial charge in [-0.15, -0.1) is 11.8 Å². The molecule has 0 saturated heterocycles. The number of carbonyl (C=O) groups is 2. The fourth-order valence-electron chi connectivity index (χ4n) is 3.69. The lowest BCUT2D eigenvalue weighted by atomic mass is 10.1. The Morgan fingerprint density at radius 2 is 1.26 bits per heavy atom. The van der Waals surface area contributed by atoms with Crippen molar-refractivity contribution in [2.45, 2.75) is 10.1 Å². The van der Waals surface area contributed by atoms with E-state index in [1.165, 1.54) is 11.8 Å². The van der Waals surface area contributed by atoms with Gasteiger partial charge in [-0.3, -0.25) is 9.59 Å². The number of benzene rings is 4. The molecule has 1 atom stereocenters. The van der Waals surface area contributed by atoms with E-state index in [0.717, 1.165) is 10.5 Å².